The van der Waals surface area contributed by atoms with Crippen LogP contribution in [0.5, 0.6) is 0 Å². The molecule has 0 radical (unpaired) electrons. The van der Waals surface area contributed by atoms with Crippen LogP contribution in [0.4, 0.5) is 0 Å². The van der Waals surface area contributed by atoms with Gasteiger partial charge in [-0.05, 0) is 19.3 Å². The third kappa shape index (κ3) is 8.48. The standard InChI is InChI=1S/C6H12O.C5H12O2/c7-6-4-2-1-3-5-6;1-3-5(6)4-7-2/h6-7H,1-5H2;5-6H,3-4H2,1-2H3. The SMILES string of the molecule is CCC(O)COC.OC1CCCCC1. The van der Waals surface area contributed by atoms with E-state index in [0.29, 0.717) is 6.61 Å². The Kier molecular flexibility index (Phi) is 9.35. The number of methoxy groups -OCH3 is 1. The summed E-state index contributed by atoms with van der Waals surface area (Å²) in [5.41, 5.74) is 0. The molecule has 1 saturated carbocycles. The molecular formula is C11H24O3. The first-order valence-corrected chi connectivity index (χ1v) is 5.55. The predicted octanol–water partition coefficient (Wildman–Crippen LogP) is 1.72. The lowest BCUT2D eigenvalue weighted by Crippen LogP contribution is -2.11. The van der Waals surface area contributed by atoms with Crippen LogP contribution >= 0.6 is 0 Å². The molecule has 2 N–H and O–H groups in total. The fraction of sp³-hybridized carbons (Fsp3) is 1.00. The molecule has 14 heavy (non-hydrogen) atoms. The van der Waals surface area contributed by atoms with E-state index < -0.39 is 0 Å². The number of aliphatic hydroxyl groups excluding tert-OH is 2. The lowest BCUT2D eigenvalue weighted by molar-refractivity contribution is 0.0625. The average molecular weight is 204 g/mol. The minimum absolute atomic E-state index is 0.0359. The Bertz CT molecular complexity index is 108. The number of aliphatic hydroxyl groups is 2. The van der Waals surface area contributed by atoms with Gasteiger partial charge in [0.05, 0.1) is 18.8 Å². The van der Waals surface area contributed by atoms with Crippen molar-refractivity contribution >= 4 is 0 Å². The van der Waals surface area contributed by atoms with Gasteiger partial charge in [-0.15, -0.1) is 0 Å². The van der Waals surface area contributed by atoms with Crippen LogP contribution in [0, 0.1) is 0 Å². The summed E-state index contributed by atoms with van der Waals surface area (Å²) in [7, 11) is 1.58. The molecule has 0 aromatic carbocycles. The van der Waals surface area contributed by atoms with Crippen LogP contribution in [-0.4, -0.2) is 36.1 Å². The van der Waals surface area contributed by atoms with Crippen molar-refractivity contribution in [1.82, 2.24) is 0 Å². The van der Waals surface area contributed by atoms with Crippen LogP contribution in [-0.2, 0) is 4.74 Å². The van der Waals surface area contributed by atoms with Gasteiger partial charge in [0.2, 0.25) is 0 Å². The van der Waals surface area contributed by atoms with E-state index in [-0.39, 0.29) is 12.2 Å². The highest BCUT2D eigenvalue weighted by molar-refractivity contribution is 4.61. The Labute approximate surface area is 87.1 Å². The second-order valence-electron chi connectivity index (χ2n) is 3.81. The van der Waals surface area contributed by atoms with Gasteiger partial charge in [-0.3, -0.25) is 0 Å². The van der Waals surface area contributed by atoms with Gasteiger partial charge in [-0.25, -0.2) is 0 Å². The summed E-state index contributed by atoms with van der Waals surface area (Å²) in [6.45, 7) is 2.38. The molecule has 0 spiro atoms. The smallest absolute Gasteiger partial charge is 0.0770 e. The highest BCUT2D eigenvalue weighted by atomic mass is 16.5. The van der Waals surface area contributed by atoms with Crippen molar-refractivity contribution in [2.75, 3.05) is 13.7 Å². The molecule has 86 valence electrons. The van der Waals surface area contributed by atoms with E-state index >= 15 is 0 Å². The van der Waals surface area contributed by atoms with Crippen LogP contribution < -0.4 is 0 Å². The molecule has 1 aliphatic rings. The van der Waals surface area contributed by atoms with Crippen molar-refractivity contribution in [2.24, 2.45) is 0 Å². The Hall–Kier alpha value is -0.120. The van der Waals surface area contributed by atoms with Gasteiger partial charge in [0.25, 0.3) is 0 Å². The molecule has 3 nitrogen and oxygen atoms in total. The zero-order valence-electron chi connectivity index (χ0n) is 9.41. The number of hydrogen-bond donors (Lipinski definition) is 2. The number of rotatable bonds is 3. The molecule has 0 aromatic rings. The fourth-order valence-electron chi connectivity index (χ4n) is 1.39. The van der Waals surface area contributed by atoms with E-state index in [4.69, 9.17) is 10.2 Å². The molecule has 0 saturated heterocycles. The van der Waals surface area contributed by atoms with Gasteiger partial charge in [0.15, 0.2) is 0 Å². The minimum atomic E-state index is -0.273. The molecule has 0 heterocycles. The first-order valence-electron chi connectivity index (χ1n) is 5.55. The summed E-state index contributed by atoms with van der Waals surface area (Å²) in [4.78, 5) is 0. The maximum absolute atomic E-state index is 8.91. The summed E-state index contributed by atoms with van der Waals surface area (Å²) < 4.78 is 4.64. The van der Waals surface area contributed by atoms with Gasteiger partial charge >= 0.3 is 0 Å². The molecule has 1 unspecified atom stereocenters. The van der Waals surface area contributed by atoms with Crippen LogP contribution in [0.3, 0.4) is 0 Å². The van der Waals surface area contributed by atoms with E-state index in [0.717, 1.165) is 19.3 Å². The topological polar surface area (TPSA) is 49.7 Å². The fourth-order valence-corrected chi connectivity index (χ4v) is 1.39. The van der Waals surface area contributed by atoms with Crippen LogP contribution in [0.15, 0.2) is 0 Å². The van der Waals surface area contributed by atoms with Crippen molar-refractivity contribution in [3.8, 4) is 0 Å². The first kappa shape index (κ1) is 13.9. The van der Waals surface area contributed by atoms with Crippen molar-refractivity contribution in [2.45, 2.75) is 57.7 Å². The zero-order chi connectivity index (χ0) is 10.8. The molecule has 0 aromatic heterocycles. The summed E-state index contributed by atoms with van der Waals surface area (Å²) in [5, 5.41) is 17.6. The van der Waals surface area contributed by atoms with Crippen LogP contribution in [0.25, 0.3) is 0 Å². The van der Waals surface area contributed by atoms with Crippen molar-refractivity contribution < 1.29 is 14.9 Å². The Balaban J connectivity index is 0.000000241. The molecule has 3 heteroatoms. The monoisotopic (exact) mass is 204 g/mol. The first-order chi connectivity index (χ1) is 6.70. The Morgan fingerprint density at radius 1 is 1.29 bits per heavy atom. The average Bonchev–Trinajstić information content (AvgIpc) is 2.20. The van der Waals surface area contributed by atoms with E-state index in [1.54, 1.807) is 7.11 Å². The Morgan fingerprint density at radius 2 is 1.86 bits per heavy atom. The maximum atomic E-state index is 8.91. The number of hydrogen-bond acceptors (Lipinski definition) is 3. The lowest BCUT2D eigenvalue weighted by Gasteiger charge is -2.14. The van der Waals surface area contributed by atoms with Gasteiger partial charge in [0.1, 0.15) is 0 Å². The van der Waals surface area contributed by atoms with Gasteiger partial charge in [0, 0.05) is 7.11 Å². The summed E-state index contributed by atoms with van der Waals surface area (Å²) in [6.07, 6.45) is 6.42. The van der Waals surface area contributed by atoms with Crippen molar-refractivity contribution in [1.29, 1.82) is 0 Å². The van der Waals surface area contributed by atoms with E-state index in [1.165, 1.54) is 19.3 Å². The molecule has 0 aliphatic heterocycles. The minimum Gasteiger partial charge on any atom is -0.393 e. The maximum Gasteiger partial charge on any atom is 0.0770 e. The summed E-state index contributed by atoms with van der Waals surface area (Å²) in [6, 6.07) is 0. The molecule has 1 fully saturated rings. The van der Waals surface area contributed by atoms with Gasteiger partial charge in [-0.2, -0.15) is 0 Å². The largest absolute Gasteiger partial charge is 0.393 e. The van der Waals surface area contributed by atoms with E-state index in [9.17, 15) is 0 Å². The summed E-state index contributed by atoms with van der Waals surface area (Å²) in [5.74, 6) is 0. The van der Waals surface area contributed by atoms with Crippen molar-refractivity contribution in [3.05, 3.63) is 0 Å². The third-order valence-electron chi connectivity index (χ3n) is 2.40. The van der Waals surface area contributed by atoms with Crippen LogP contribution in [0.2, 0.25) is 0 Å². The predicted molar refractivity (Wildman–Crippen MR) is 57.3 cm³/mol. The van der Waals surface area contributed by atoms with Gasteiger partial charge in [-0.1, -0.05) is 26.2 Å². The van der Waals surface area contributed by atoms with Gasteiger partial charge < -0.3 is 14.9 Å². The molecule has 1 atom stereocenters. The molecule has 1 aliphatic carbocycles. The van der Waals surface area contributed by atoms with Crippen LogP contribution in [0.1, 0.15) is 45.4 Å². The summed E-state index contributed by atoms with van der Waals surface area (Å²) >= 11 is 0. The molecule has 0 amide bonds. The normalized spacial score (nSPS) is 19.7. The Morgan fingerprint density at radius 3 is 2.07 bits per heavy atom. The second-order valence-corrected chi connectivity index (χ2v) is 3.81. The molecular weight excluding hydrogens is 180 g/mol. The quantitative estimate of drug-likeness (QED) is 0.736. The zero-order valence-corrected chi connectivity index (χ0v) is 9.41. The molecule has 1 rings (SSSR count). The third-order valence-corrected chi connectivity index (χ3v) is 2.40. The van der Waals surface area contributed by atoms with E-state index in [1.807, 2.05) is 6.92 Å². The second kappa shape index (κ2) is 9.44. The lowest BCUT2D eigenvalue weighted by atomic mass is 9.98. The number of ether oxygens (including phenoxy) is 1. The molecule has 0 bridgehead atoms. The van der Waals surface area contributed by atoms with Crippen molar-refractivity contribution in [3.63, 3.8) is 0 Å². The highest BCUT2D eigenvalue weighted by Gasteiger charge is 2.07. The van der Waals surface area contributed by atoms with E-state index in [2.05, 4.69) is 4.74 Å². The highest BCUT2D eigenvalue weighted by Crippen LogP contribution is 2.16.